The SMILES string of the molecule is COc1nc(=O)c(O)c2n1[C@@H](C1c3cccc(F)c3CCc3c(F)cccc31)[C@H](C)N(C)C2=O. The maximum Gasteiger partial charge on any atom is 0.318 e. The molecule has 7 nitrogen and oxygen atoms in total. The molecule has 2 heterocycles. The van der Waals surface area contributed by atoms with E-state index in [-0.39, 0.29) is 11.7 Å². The monoisotopic (exact) mass is 467 g/mol. The number of methoxy groups -OCH3 is 1. The van der Waals surface area contributed by atoms with E-state index in [1.807, 2.05) is 6.92 Å². The smallest absolute Gasteiger partial charge is 0.318 e. The fraction of sp³-hybridized carbons (Fsp3) is 0.320. The summed E-state index contributed by atoms with van der Waals surface area (Å²) in [5, 5.41) is 10.6. The molecule has 0 unspecified atom stereocenters. The molecule has 2 aromatic carbocycles. The number of rotatable bonds is 2. The van der Waals surface area contributed by atoms with Crippen molar-refractivity contribution >= 4 is 5.91 Å². The average Bonchev–Trinajstić information content (AvgIpc) is 2.99. The number of hydrogen-bond acceptors (Lipinski definition) is 5. The van der Waals surface area contributed by atoms with Crippen molar-refractivity contribution in [3.63, 3.8) is 0 Å². The van der Waals surface area contributed by atoms with Gasteiger partial charge in [-0.15, -0.1) is 0 Å². The van der Waals surface area contributed by atoms with E-state index in [0.29, 0.717) is 35.1 Å². The van der Waals surface area contributed by atoms with Crippen molar-refractivity contribution in [2.75, 3.05) is 14.2 Å². The third-order valence-electron chi connectivity index (χ3n) is 7.13. The molecule has 1 aliphatic carbocycles. The Hall–Kier alpha value is -3.75. The van der Waals surface area contributed by atoms with Crippen LogP contribution in [0, 0.1) is 11.6 Å². The van der Waals surface area contributed by atoms with Gasteiger partial charge >= 0.3 is 11.6 Å². The van der Waals surface area contributed by atoms with Gasteiger partial charge in [0, 0.05) is 13.0 Å². The van der Waals surface area contributed by atoms with E-state index in [1.165, 1.54) is 28.7 Å². The van der Waals surface area contributed by atoms with Gasteiger partial charge in [-0.2, -0.15) is 4.98 Å². The van der Waals surface area contributed by atoms with Gasteiger partial charge in [-0.1, -0.05) is 24.3 Å². The fourth-order valence-electron chi connectivity index (χ4n) is 5.40. The van der Waals surface area contributed by atoms with E-state index >= 15 is 8.78 Å². The first-order valence-corrected chi connectivity index (χ1v) is 11.0. The van der Waals surface area contributed by atoms with E-state index in [0.717, 1.165) is 0 Å². The number of ether oxygens (including phenoxy) is 1. The van der Waals surface area contributed by atoms with E-state index in [1.54, 1.807) is 31.3 Å². The third-order valence-corrected chi connectivity index (χ3v) is 7.13. The van der Waals surface area contributed by atoms with Crippen molar-refractivity contribution < 1.29 is 23.4 Å². The molecule has 176 valence electrons. The lowest BCUT2D eigenvalue weighted by atomic mass is 9.78. The van der Waals surface area contributed by atoms with Gasteiger partial charge in [0.2, 0.25) is 5.75 Å². The molecule has 9 heteroatoms. The lowest BCUT2D eigenvalue weighted by Gasteiger charge is -2.44. The Labute approximate surface area is 194 Å². The number of aromatic hydroxyl groups is 1. The van der Waals surface area contributed by atoms with Gasteiger partial charge in [0.1, 0.15) is 11.6 Å². The summed E-state index contributed by atoms with van der Waals surface area (Å²) >= 11 is 0. The number of carbonyl (C=O) groups excluding carboxylic acids is 1. The molecular formula is C25H23F2N3O4. The topological polar surface area (TPSA) is 84.7 Å². The van der Waals surface area contributed by atoms with Crippen LogP contribution in [-0.2, 0) is 12.8 Å². The van der Waals surface area contributed by atoms with Crippen LogP contribution in [-0.4, -0.2) is 45.7 Å². The molecule has 1 amide bonds. The zero-order valence-electron chi connectivity index (χ0n) is 18.9. The van der Waals surface area contributed by atoms with Gasteiger partial charge in [-0.3, -0.25) is 14.2 Å². The number of aromatic nitrogens is 2. The van der Waals surface area contributed by atoms with Crippen LogP contribution in [0.4, 0.5) is 8.78 Å². The predicted octanol–water partition coefficient (Wildman–Crippen LogP) is 3.18. The van der Waals surface area contributed by atoms with Crippen LogP contribution in [0.2, 0.25) is 0 Å². The third kappa shape index (κ3) is 3.03. The van der Waals surface area contributed by atoms with Gasteiger partial charge in [-0.25, -0.2) is 8.78 Å². The van der Waals surface area contributed by atoms with Crippen molar-refractivity contribution in [1.29, 1.82) is 0 Å². The predicted molar refractivity (Wildman–Crippen MR) is 119 cm³/mol. The Morgan fingerprint density at radius 3 is 2.12 bits per heavy atom. The number of benzene rings is 2. The van der Waals surface area contributed by atoms with Crippen LogP contribution in [0.3, 0.4) is 0 Å². The number of nitrogens with zero attached hydrogens (tertiary/aromatic N) is 3. The zero-order valence-corrected chi connectivity index (χ0v) is 18.9. The molecule has 3 aromatic rings. The summed E-state index contributed by atoms with van der Waals surface area (Å²) < 4.78 is 36.8. The number of carbonyl (C=O) groups is 1. The molecule has 1 aliphatic heterocycles. The summed E-state index contributed by atoms with van der Waals surface area (Å²) in [6, 6.07) is 8.21. The second-order valence-corrected chi connectivity index (χ2v) is 8.71. The van der Waals surface area contributed by atoms with Crippen LogP contribution in [0.25, 0.3) is 0 Å². The van der Waals surface area contributed by atoms with Crippen molar-refractivity contribution in [2.24, 2.45) is 0 Å². The molecule has 0 bridgehead atoms. The fourth-order valence-corrected chi connectivity index (χ4v) is 5.40. The highest BCUT2D eigenvalue weighted by Crippen LogP contribution is 2.48. The van der Waals surface area contributed by atoms with Crippen LogP contribution in [0.1, 0.15) is 51.6 Å². The molecule has 0 spiro atoms. The highest BCUT2D eigenvalue weighted by molar-refractivity contribution is 5.96. The van der Waals surface area contributed by atoms with Gasteiger partial charge in [-0.05, 0) is 54.2 Å². The summed E-state index contributed by atoms with van der Waals surface area (Å²) in [5.74, 6) is -2.78. The van der Waals surface area contributed by atoms with Crippen LogP contribution < -0.4 is 10.3 Å². The number of halogens is 2. The lowest BCUT2D eigenvalue weighted by Crippen LogP contribution is -2.50. The molecule has 5 rings (SSSR count). The molecule has 0 radical (unpaired) electrons. The number of hydrogen-bond donors (Lipinski definition) is 1. The molecule has 2 atom stereocenters. The summed E-state index contributed by atoms with van der Waals surface area (Å²) in [7, 11) is 2.88. The zero-order chi connectivity index (χ0) is 24.3. The van der Waals surface area contributed by atoms with E-state index in [9.17, 15) is 14.7 Å². The maximum absolute atomic E-state index is 15.0. The standard InChI is InChI=1S/C25H23F2N3O4/c1-12-20(30-21(24(33)29(12)2)22(31)23(32)28-25(30)34-3)19-15-6-4-8-17(26)13(15)10-11-14-16(19)7-5-9-18(14)27/h4-9,12,19-20,31H,10-11H2,1-3H3/t12-,20+/m0/s1. The molecule has 0 saturated carbocycles. The summed E-state index contributed by atoms with van der Waals surface area (Å²) in [6.07, 6.45) is 0.611. The van der Waals surface area contributed by atoms with Crippen LogP contribution in [0.15, 0.2) is 41.2 Å². The molecule has 1 N–H and O–H groups in total. The van der Waals surface area contributed by atoms with E-state index in [4.69, 9.17) is 4.74 Å². The van der Waals surface area contributed by atoms with Gasteiger partial charge < -0.3 is 14.7 Å². The summed E-state index contributed by atoms with van der Waals surface area (Å²) in [5.41, 5.74) is 0.979. The van der Waals surface area contributed by atoms with Crippen molar-refractivity contribution in [1.82, 2.24) is 14.5 Å². The van der Waals surface area contributed by atoms with Crippen molar-refractivity contribution in [3.8, 4) is 11.8 Å². The molecular weight excluding hydrogens is 444 g/mol. The van der Waals surface area contributed by atoms with Gasteiger partial charge in [0.25, 0.3) is 5.91 Å². The first kappa shape index (κ1) is 22.1. The second-order valence-electron chi connectivity index (χ2n) is 8.71. The Balaban J connectivity index is 1.90. The minimum Gasteiger partial charge on any atom is -0.501 e. The minimum atomic E-state index is -0.989. The molecule has 0 fully saturated rings. The Morgan fingerprint density at radius 1 is 1.03 bits per heavy atom. The molecule has 1 aromatic heterocycles. The highest BCUT2D eigenvalue weighted by Gasteiger charge is 2.46. The normalized spacial score (nSPS) is 19.8. The summed E-state index contributed by atoms with van der Waals surface area (Å²) in [6.45, 7) is 1.81. The van der Waals surface area contributed by atoms with Crippen molar-refractivity contribution in [2.45, 2.75) is 37.8 Å². The van der Waals surface area contributed by atoms with E-state index < -0.39 is 46.9 Å². The van der Waals surface area contributed by atoms with Gasteiger partial charge in [0.15, 0.2) is 5.69 Å². The average molecular weight is 467 g/mol. The van der Waals surface area contributed by atoms with E-state index in [2.05, 4.69) is 4.98 Å². The Bertz CT molecular complexity index is 1330. The molecule has 2 aliphatic rings. The van der Waals surface area contributed by atoms with Gasteiger partial charge in [0.05, 0.1) is 19.2 Å². The molecule has 0 saturated heterocycles. The maximum atomic E-state index is 15.0. The summed E-state index contributed by atoms with van der Waals surface area (Å²) in [4.78, 5) is 30.7. The Kier molecular flexibility index (Phi) is 5.15. The number of fused-ring (bicyclic) bond motifs is 3. The number of likely N-dealkylation sites (N-methyl/N-ethyl adjacent to an activating group) is 1. The van der Waals surface area contributed by atoms with Crippen molar-refractivity contribution in [3.05, 3.63) is 86.3 Å². The lowest BCUT2D eigenvalue weighted by molar-refractivity contribution is 0.0572. The van der Waals surface area contributed by atoms with Crippen LogP contribution in [0.5, 0.6) is 11.8 Å². The quantitative estimate of drug-likeness (QED) is 0.626. The first-order valence-electron chi connectivity index (χ1n) is 11.0. The second kappa shape index (κ2) is 7.93. The highest BCUT2D eigenvalue weighted by atomic mass is 19.1. The Morgan fingerprint density at radius 2 is 1.59 bits per heavy atom. The first-order chi connectivity index (χ1) is 16.3. The molecule has 34 heavy (non-hydrogen) atoms. The largest absolute Gasteiger partial charge is 0.501 e. The minimum absolute atomic E-state index is 0.156. The number of amides is 1. The van der Waals surface area contributed by atoms with Crippen LogP contribution >= 0.6 is 0 Å².